The van der Waals surface area contributed by atoms with Crippen molar-refractivity contribution in [2.75, 3.05) is 23.7 Å². The number of nitrogens with zero attached hydrogens (tertiary/aromatic N) is 2. The molecule has 2 aromatic carbocycles. The van der Waals surface area contributed by atoms with Crippen LogP contribution in [0, 0.1) is 5.92 Å². The van der Waals surface area contributed by atoms with Crippen molar-refractivity contribution >= 4 is 34.4 Å². The van der Waals surface area contributed by atoms with Crippen molar-refractivity contribution in [3.05, 3.63) is 48.3 Å². The van der Waals surface area contributed by atoms with E-state index in [2.05, 4.69) is 16.6 Å². The predicted molar refractivity (Wildman–Crippen MR) is 129 cm³/mol. The van der Waals surface area contributed by atoms with Crippen LogP contribution in [0.2, 0.25) is 0 Å². The van der Waals surface area contributed by atoms with Gasteiger partial charge >= 0.3 is 5.92 Å². The third kappa shape index (κ3) is 6.36. The molecule has 3 rings (SSSR count). The van der Waals surface area contributed by atoms with E-state index in [4.69, 9.17) is 10.5 Å². The molecule has 8 heteroatoms. The fraction of sp³-hybridized carbons (Fsp3) is 0.458. The lowest BCUT2D eigenvalue weighted by Gasteiger charge is -2.20. The van der Waals surface area contributed by atoms with Gasteiger partial charge < -0.3 is 19.8 Å². The van der Waals surface area contributed by atoms with Crippen molar-refractivity contribution in [2.24, 2.45) is 5.92 Å². The van der Waals surface area contributed by atoms with Crippen LogP contribution in [0.5, 0.6) is 0 Å². The van der Waals surface area contributed by atoms with Gasteiger partial charge in [-0.3, -0.25) is 0 Å². The van der Waals surface area contributed by atoms with Crippen LogP contribution in [0.1, 0.15) is 45.9 Å². The number of hydrogen-bond donors (Lipinski definition) is 2. The van der Waals surface area contributed by atoms with Gasteiger partial charge in [0.1, 0.15) is 0 Å². The second-order valence-corrected chi connectivity index (χ2v) is 8.90. The number of hydrogen-bond acceptors (Lipinski definition) is 5. The Morgan fingerprint density at radius 3 is 2.59 bits per heavy atom. The zero-order valence-electron chi connectivity index (χ0n) is 18.9. The molecule has 1 atom stereocenters. The molecule has 0 saturated heterocycles. The third-order valence-electron chi connectivity index (χ3n) is 5.43. The topological polar surface area (TPSA) is 65.1 Å². The highest BCUT2D eigenvalue weighted by Gasteiger charge is 2.32. The number of ether oxygens (including phenoxy) is 1. The van der Waals surface area contributed by atoms with Crippen molar-refractivity contribution in [1.82, 2.24) is 9.55 Å². The van der Waals surface area contributed by atoms with Gasteiger partial charge in [-0.15, -0.1) is 0 Å². The minimum atomic E-state index is -3.02. The van der Waals surface area contributed by atoms with Crippen LogP contribution < -0.4 is 10.5 Å². The third-order valence-corrected chi connectivity index (χ3v) is 6.28. The lowest BCUT2D eigenvalue weighted by atomic mass is 10.00. The van der Waals surface area contributed by atoms with Crippen LogP contribution in [0.15, 0.2) is 47.4 Å². The molecule has 0 aliphatic carbocycles. The Labute approximate surface area is 192 Å². The summed E-state index contributed by atoms with van der Waals surface area (Å²) in [6.07, 6.45) is 2.77. The number of halogens is 2. The van der Waals surface area contributed by atoms with Crippen molar-refractivity contribution < 1.29 is 13.5 Å². The molecule has 1 heterocycles. The molecular weight excluding hydrogens is 430 g/mol. The van der Waals surface area contributed by atoms with E-state index in [1.54, 1.807) is 4.57 Å². The van der Waals surface area contributed by atoms with Crippen molar-refractivity contribution in [2.45, 2.75) is 57.4 Å². The van der Waals surface area contributed by atoms with E-state index < -0.39 is 5.92 Å². The quantitative estimate of drug-likeness (QED) is 0.178. The molecule has 0 amide bonds. The second-order valence-electron chi connectivity index (χ2n) is 8.02. The van der Waals surface area contributed by atoms with Gasteiger partial charge in [0.15, 0.2) is 5.82 Å². The van der Waals surface area contributed by atoms with E-state index >= 15 is 0 Å². The second kappa shape index (κ2) is 11.0. The maximum atomic E-state index is 14.4. The monoisotopic (exact) mass is 462 g/mol. The number of fused-ring (bicyclic) bond motifs is 1. The van der Waals surface area contributed by atoms with Gasteiger partial charge in [-0.1, -0.05) is 13.3 Å². The number of aromatic nitrogens is 2. The highest BCUT2D eigenvalue weighted by Crippen LogP contribution is 2.33. The molecule has 3 aromatic rings. The smallest absolute Gasteiger partial charge is 0.302 e. The summed E-state index contributed by atoms with van der Waals surface area (Å²) in [5.41, 5.74) is 8.53. The largest absolute Gasteiger partial charge is 0.399 e. The first kappa shape index (κ1) is 24.3. The van der Waals surface area contributed by atoms with Crippen LogP contribution >= 0.6 is 11.9 Å². The number of benzene rings is 2. The molecule has 0 fully saturated rings. The van der Waals surface area contributed by atoms with Crippen LogP contribution in [-0.4, -0.2) is 22.8 Å². The van der Waals surface area contributed by atoms with E-state index in [9.17, 15) is 8.78 Å². The molecule has 1 unspecified atom stereocenters. The highest BCUT2D eigenvalue weighted by molar-refractivity contribution is 8.00. The van der Waals surface area contributed by atoms with Crippen molar-refractivity contribution in [3.63, 3.8) is 0 Å². The Balaban J connectivity index is 1.80. The van der Waals surface area contributed by atoms with Gasteiger partial charge in [0.05, 0.1) is 11.0 Å². The number of alkyl halides is 2. The molecule has 0 aliphatic rings. The predicted octanol–water partition coefficient (Wildman–Crippen LogP) is 6.69. The number of nitrogens with two attached hydrogens (primary N) is 1. The summed E-state index contributed by atoms with van der Waals surface area (Å²) in [4.78, 5) is 5.33. The Morgan fingerprint density at radius 1 is 1.19 bits per heavy atom. The minimum Gasteiger partial charge on any atom is -0.399 e. The molecular formula is C24H32F2N4OS. The standard InChI is InChI=1S/C24H32F2N4OS/c1-4-17(7-6-14-31-5-2)16-30-22-13-10-19(15-21(22)28-23(30)24(3,25)26)29-32-20-11-8-18(27)9-12-20/h8-13,15,17,29H,4-7,14,16,27H2,1-3H3. The van der Waals surface area contributed by atoms with E-state index in [1.807, 2.05) is 49.4 Å². The molecule has 1 aromatic heterocycles. The summed E-state index contributed by atoms with van der Waals surface area (Å²) in [6.45, 7) is 6.91. The van der Waals surface area contributed by atoms with Gasteiger partial charge in [-0.05, 0) is 80.1 Å². The van der Waals surface area contributed by atoms with Crippen molar-refractivity contribution in [3.8, 4) is 0 Å². The van der Waals surface area contributed by atoms with Crippen LogP contribution in [0.25, 0.3) is 11.0 Å². The lowest BCUT2D eigenvalue weighted by Crippen LogP contribution is -2.20. The average molecular weight is 463 g/mol. The molecule has 0 bridgehead atoms. The van der Waals surface area contributed by atoms with E-state index in [0.717, 1.165) is 42.3 Å². The molecule has 5 nitrogen and oxygen atoms in total. The Hall–Kier alpha value is -2.32. The summed E-state index contributed by atoms with van der Waals surface area (Å²) >= 11 is 1.43. The highest BCUT2D eigenvalue weighted by atomic mass is 32.2. The van der Waals surface area contributed by atoms with Crippen LogP contribution in [-0.2, 0) is 17.2 Å². The Kier molecular flexibility index (Phi) is 8.37. The summed E-state index contributed by atoms with van der Waals surface area (Å²) < 4.78 is 39.2. The summed E-state index contributed by atoms with van der Waals surface area (Å²) in [5, 5.41) is 0. The molecule has 0 radical (unpaired) electrons. The van der Waals surface area contributed by atoms with E-state index in [-0.39, 0.29) is 11.7 Å². The fourth-order valence-electron chi connectivity index (χ4n) is 3.67. The maximum absolute atomic E-state index is 14.4. The zero-order chi connectivity index (χ0) is 23.1. The average Bonchev–Trinajstić information content (AvgIpc) is 3.13. The summed E-state index contributed by atoms with van der Waals surface area (Å²) in [6, 6.07) is 13.1. The molecule has 32 heavy (non-hydrogen) atoms. The summed E-state index contributed by atoms with van der Waals surface area (Å²) in [7, 11) is 0. The zero-order valence-corrected chi connectivity index (χ0v) is 19.7. The Bertz CT molecular complexity index is 1000. The number of nitrogen functional groups attached to an aromatic ring is 1. The van der Waals surface area contributed by atoms with E-state index in [1.165, 1.54) is 11.9 Å². The fourth-order valence-corrected chi connectivity index (χ4v) is 4.30. The molecule has 174 valence electrons. The van der Waals surface area contributed by atoms with Crippen molar-refractivity contribution in [1.29, 1.82) is 0 Å². The van der Waals surface area contributed by atoms with E-state index in [0.29, 0.717) is 31.0 Å². The van der Waals surface area contributed by atoms with Crippen LogP contribution in [0.4, 0.5) is 20.2 Å². The lowest BCUT2D eigenvalue weighted by molar-refractivity contribution is 0.00374. The first-order chi connectivity index (χ1) is 15.3. The SMILES string of the molecule is CCOCCCC(CC)Cn1c(C(C)(F)F)nc2cc(NSc3ccc(N)cc3)ccc21. The van der Waals surface area contributed by atoms with Gasteiger partial charge in [0.25, 0.3) is 0 Å². The molecule has 0 aliphatic heterocycles. The summed E-state index contributed by atoms with van der Waals surface area (Å²) in [5.74, 6) is -2.92. The van der Waals surface area contributed by atoms with Gasteiger partial charge in [-0.2, -0.15) is 8.78 Å². The Morgan fingerprint density at radius 2 is 1.94 bits per heavy atom. The number of anilines is 2. The normalized spacial score (nSPS) is 12.9. The molecule has 3 N–H and O–H groups in total. The first-order valence-corrected chi connectivity index (χ1v) is 11.9. The van der Waals surface area contributed by atoms with Gasteiger partial charge in [0, 0.05) is 43.0 Å². The molecule has 0 saturated carbocycles. The number of imidazole rings is 1. The van der Waals surface area contributed by atoms with Gasteiger partial charge in [0.2, 0.25) is 0 Å². The maximum Gasteiger partial charge on any atom is 0.302 e. The number of nitrogens with one attached hydrogen (secondary N) is 1. The van der Waals surface area contributed by atoms with Crippen LogP contribution in [0.3, 0.4) is 0 Å². The molecule has 0 spiro atoms. The number of rotatable bonds is 12. The first-order valence-electron chi connectivity index (χ1n) is 11.1. The minimum absolute atomic E-state index is 0.181. The van der Waals surface area contributed by atoms with Gasteiger partial charge in [-0.25, -0.2) is 4.98 Å².